The molecule has 2 heterocycles. The van der Waals surface area contributed by atoms with Crippen molar-refractivity contribution in [2.45, 2.75) is 24.9 Å². The number of likely N-dealkylation sites (N-methyl/N-ethyl adjacent to an activating group) is 1. The molecule has 2 saturated heterocycles. The number of hydrogen-bond acceptors (Lipinski definition) is 4. The molecule has 0 aromatic heterocycles. The Hall–Kier alpha value is -0.160. The van der Waals surface area contributed by atoms with Crippen LogP contribution in [0.15, 0.2) is 0 Å². The topological polar surface area (TPSA) is 44.5 Å². The first-order chi connectivity index (χ1) is 8.25. The molecule has 2 bridgehead atoms. The van der Waals surface area contributed by atoms with Crippen molar-refractivity contribution in [1.29, 1.82) is 0 Å². The van der Waals surface area contributed by atoms with E-state index < -0.39 is 0 Å². The fourth-order valence-electron chi connectivity index (χ4n) is 4.07. The van der Waals surface area contributed by atoms with Gasteiger partial charge in [0.2, 0.25) is 0 Å². The molecule has 98 valence electrons. The van der Waals surface area contributed by atoms with Gasteiger partial charge in [0.25, 0.3) is 0 Å². The Morgan fingerprint density at radius 2 is 2.00 bits per heavy atom. The fourth-order valence-corrected chi connectivity index (χ4v) is 4.07. The second-order valence-electron chi connectivity index (χ2n) is 6.14. The van der Waals surface area contributed by atoms with E-state index in [0.29, 0.717) is 12.1 Å². The highest BCUT2D eigenvalue weighted by Gasteiger charge is 2.45. The lowest BCUT2D eigenvalue weighted by Crippen LogP contribution is -2.58. The minimum Gasteiger partial charge on any atom is -0.327 e. The summed E-state index contributed by atoms with van der Waals surface area (Å²) in [6.45, 7) is 7.15. The highest BCUT2D eigenvalue weighted by molar-refractivity contribution is 5.01. The highest BCUT2D eigenvalue weighted by atomic mass is 15.2. The van der Waals surface area contributed by atoms with Crippen LogP contribution in [0, 0.1) is 11.8 Å². The van der Waals surface area contributed by atoms with Crippen LogP contribution in [0.1, 0.15) is 12.8 Å². The number of nitrogens with zero attached hydrogens (tertiary/aromatic N) is 2. The molecule has 0 spiro atoms. The fraction of sp³-hybridized carbons (Fsp3) is 1.00. The Morgan fingerprint density at radius 1 is 1.24 bits per heavy atom. The van der Waals surface area contributed by atoms with Gasteiger partial charge in [0.1, 0.15) is 0 Å². The van der Waals surface area contributed by atoms with E-state index in [4.69, 9.17) is 5.73 Å². The summed E-state index contributed by atoms with van der Waals surface area (Å²) in [4.78, 5) is 5.19. The van der Waals surface area contributed by atoms with Crippen molar-refractivity contribution < 1.29 is 0 Å². The summed E-state index contributed by atoms with van der Waals surface area (Å²) in [5.41, 5.74) is 6.38. The van der Waals surface area contributed by atoms with Crippen molar-refractivity contribution in [2.75, 3.05) is 46.3 Å². The molecule has 0 aromatic carbocycles. The molecule has 3 N–H and O–H groups in total. The predicted octanol–water partition coefficient (Wildman–Crippen LogP) is -0.441. The predicted molar refractivity (Wildman–Crippen MR) is 69.9 cm³/mol. The van der Waals surface area contributed by atoms with Crippen LogP contribution in [-0.4, -0.2) is 68.2 Å². The summed E-state index contributed by atoms with van der Waals surface area (Å²) in [6, 6.07) is 1.17. The quantitative estimate of drug-likeness (QED) is 0.684. The monoisotopic (exact) mass is 238 g/mol. The second-order valence-corrected chi connectivity index (χ2v) is 6.14. The second kappa shape index (κ2) is 4.84. The third-order valence-corrected chi connectivity index (χ3v) is 5.15. The smallest absolute Gasteiger partial charge is 0.0263 e. The molecule has 4 heteroatoms. The van der Waals surface area contributed by atoms with Crippen LogP contribution in [0.2, 0.25) is 0 Å². The van der Waals surface area contributed by atoms with Gasteiger partial charge in [-0.1, -0.05) is 0 Å². The molecule has 3 aliphatic rings. The van der Waals surface area contributed by atoms with Gasteiger partial charge >= 0.3 is 0 Å². The standard InChI is InChI=1S/C13H26N4/c1-16-8-10-2-3-11(13(10)14)12(16)9-17-6-4-15-5-7-17/h10-13,15H,2-9,14H2,1H3/t10-,11+,12?,13-/m0/s1. The summed E-state index contributed by atoms with van der Waals surface area (Å²) in [7, 11) is 2.30. The zero-order chi connectivity index (χ0) is 11.8. The third kappa shape index (κ3) is 2.24. The highest BCUT2D eigenvalue weighted by Crippen LogP contribution is 2.39. The Kier molecular flexibility index (Phi) is 3.39. The zero-order valence-corrected chi connectivity index (χ0v) is 10.9. The third-order valence-electron chi connectivity index (χ3n) is 5.15. The molecule has 2 aliphatic heterocycles. The van der Waals surface area contributed by atoms with Crippen LogP contribution in [-0.2, 0) is 0 Å². The molecule has 3 fully saturated rings. The van der Waals surface area contributed by atoms with E-state index in [1.807, 2.05) is 0 Å². The van der Waals surface area contributed by atoms with Crippen LogP contribution >= 0.6 is 0 Å². The Bertz CT molecular complexity index is 264. The van der Waals surface area contributed by atoms with Gasteiger partial charge in [-0.3, -0.25) is 4.90 Å². The Balaban J connectivity index is 1.64. The summed E-state index contributed by atoms with van der Waals surface area (Å²) < 4.78 is 0. The molecular weight excluding hydrogens is 212 g/mol. The maximum atomic E-state index is 6.38. The van der Waals surface area contributed by atoms with Gasteiger partial charge in [-0.05, 0) is 31.7 Å². The van der Waals surface area contributed by atoms with E-state index >= 15 is 0 Å². The number of rotatable bonds is 2. The molecule has 1 unspecified atom stereocenters. The van der Waals surface area contributed by atoms with E-state index in [0.717, 1.165) is 24.9 Å². The first kappa shape index (κ1) is 11.9. The largest absolute Gasteiger partial charge is 0.327 e. The van der Waals surface area contributed by atoms with Crippen LogP contribution in [0.5, 0.6) is 0 Å². The average molecular weight is 238 g/mol. The summed E-state index contributed by atoms with van der Waals surface area (Å²) >= 11 is 0. The molecule has 1 saturated carbocycles. The van der Waals surface area contributed by atoms with Crippen molar-refractivity contribution >= 4 is 0 Å². The van der Waals surface area contributed by atoms with Crippen molar-refractivity contribution in [2.24, 2.45) is 17.6 Å². The molecular formula is C13H26N4. The van der Waals surface area contributed by atoms with E-state index in [2.05, 4.69) is 22.2 Å². The van der Waals surface area contributed by atoms with Gasteiger partial charge in [0.15, 0.2) is 0 Å². The van der Waals surface area contributed by atoms with Gasteiger partial charge in [-0.2, -0.15) is 0 Å². The number of hydrogen-bond donors (Lipinski definition) is 2. The van der Waals surface area contributed by atoms with Crippen LogP contribution in [0.3, 0.4) is 0 Å². The lowest BCUT2D eigenvalue weighted by molar-refractivity contribution is 0.0640. The van der Waals surface area contributed by atoms with Gasteiger partial charge in [-0.15, -0.1) is 0 Å². The Labute approximate surface area is 105 Å². The molecule has 4 atom stereocenters. The number of nitrogens with two attached hydrogens (primary N) is 1. The van der Waals surface area contributed by atoms with Crippen LogP contribution in [0.4, 0.5) is 0 Å². The van der Waals surface area contributed by atoms with Crippen LogP contribution < -0.4 is 11.1 Å². The lowest BCUT2D eigenvalue weighted by atomic mass is 9.86. The van der Waals surface area contributed by atoms with Crippen LogP contribution in [0.25, 0.3) is 0 Å². The lowest BCUT2D eigenvalue weighted by Gasteiger charge is -2.44. The molecule has 4 nitrogen and oxygen atoms in total. The van der Waals surface area contributed by atoms with Crippen molar-refractivity contribution in [3.8, 4) is 0 Å². The maximum Gasteiger partial charge on any atom is 0.0263 e. The van der Waals surface area contributed by atoms with Crippen molar-refractivity contribution in [3.05, 3.63) is 0 Å². The maximum absolute atomic E-state index is 6.38. The SMILES string of the molecule is CN1C[C@@H]2CC[C@H](C1CN1CCNCC1)[C@H]2N. The summed E-state index contributed by atoms with van der Waals surface area (Å²) in [5.74, 6) is 1.51. The molecule has 0 aromatic rings. The minimum absolute atomic E-state index is 0.471. The number of nitrogens with one attached hydrogen (secondary N) is 1. The van der Waals surface area contributed by atoms with Crippen molar-refractivity contribution in [3.63, 3.8) is 0 Å². The van der Waals surface area contributed by atoms with Gasteiger partial charge in [0, 0.05) is 51.4 Å². The molecule has 3 rings (SSSR count). The van der Waals surface area contributed by atoms with Gasteiger partial charge in [-0.25, -0.2) is 0 Å². The summed E-state index contributed by atoms with van der Waals surface area (Å²) in [6.07, 6.45) is 2.71. The number of piperazine rings is 1. The van der Waals surface area contributed by atoms with Gasteiger partial charge < -0.3 is 16.0 Å². The molecule has 17 heavy (non-hydrogen) atoms. The first-order valence-corrected chi connectivity index (χ1v) is 7.14. The van der Waals surface area contributed by atoms with E-state index in [9.17, 15) is 0 Å². The van der Waals surface area contributed by atoms with Crippen molar-refractivity contribution in [1.82, 2.24) is 15.1 Å². The summed E-state index contributed by atoms with van der Waals surface area (Å²) in [5, 5.41) is 3.43. The minimum atomic E-state index is 0.471. The molecule has 0 amide bonds. The number of fused-ring (bicyclic) bond motifs is 2. The van der Waals surface area contributed by atoms with E-state index in [1.54, 1.807) is 0 Å². The average Bonchev–Trinajstić information content (AvgIpc) is 2.59. The Morgan fingerprint density at radius 3 is 2.76 bits per heavy atom. The van der Waals surface area contributed by atoms with Gasteiger partial charge in [0.05, 0.1) is 0 Å². The normalized spacial score (nSPS) is 44.1. The number of piperidine rings is 1. The first-order valence-electron chi connectivity index (χ1n) is 7.14. The molecule has 0 radical (unpaired) electrons. The molecule has 1 aliphatic carbocycles. The number of likely N-dealkylation sites (tertiary alicyclic amines) is 1. The zero-order valence-electron chi connectivity index (χ0n) is 10.9. The van der Waals surface area contributed by atoms with E-state index in [1.165, 1.54) is 39.0 Å². The van der Waals surface area contributed by atoms with E-state index in [-0.39, 0.29) is 0 Å².